The molecule has 0 radical (unpaired) electrons. The van der Waals surface area contributed by atoms with Gasteiger partial charge < -0.3 is 15.5 Å². The second kappa shape index (κ2) is 6.20. The van der Waals surface area contributed by atoms with Crippen LogP contribution in [0.1, 0.15) is 30.6 Å². The van der Waals surface area contributed by atoms with Crippen LogP contribution in [0, 0.1) is 5.92 Å². The van der Waals surface area contributed by atoms with Gasteiger partial charge in [0.1, 0.15) is 0 Å². The Labute approximate surface area is 101 Å². The molecule has 94 valence electrons. The van der Waals surface area contributed by atoms with E-state index in [0.717, 1.165) is 6.42 Å². The molecule has 0 aliphatic carbocycles. The molecule has 0 spiro atoms. The third-order valence-electron chi connectivity index (χ3n) is 2.39. The number of nitrogens with zero attached hydrogens (tertiary/aromatic N) is 1. The molecule has 1 rings (SSSR count). The zero-order valence-electron chi connectivity index (χ0n) is 10.1. The van der Waals surface area contributed by atoms with Crippen molar-refractivity contribution in [1.82, 2.24) is 4.98 Å². The lowest BCUT2D eigenvalue weighted by molar-refractivity contribution is 0.0697. The van der Waals surface area contributed by atoms with Crippen LogP contribution in [0.15, 0.2) is 18.5 Å². The summed E-state index contributed by atoms with van der Waals surface area (Å²) in [6.45, 7) is 4.06. The number of aromatic nitrogens is 1. The molecule has 0 aliphatic heterocycles. The summed E-state index contributed by atoms with van der Waals surface area (Å²) in [7, 11) is 0. The number of rotatable bonds is 6. The van der Waals surface area contributed by atoms with E-state index in [-0.39, 0.29) is 18.2 Å². The van der Waals surface area contributed by atoms with Crippen LogP contribution < -0.4 is 5.32 Å². The normalized spacial score (nSPS) is 12.5. The highest BCUT2D eigenvalue weighted by Crippen LogP contribution is 2.17. The molecule has 0 saturated carbocycles. The molecule has 5 heteroatoms. The molecule has 1 unspecified atom stereocenters. The first-order valence-corrected chi connectivity index (χ1v) is 5.59. The molecule has 0 amide bonds. The van der Waals surface area contributed by atoms with Gasteiger partial charge in [0.2, 0.25) is 0 Å². The first-order valence-electron chi connectivity index (χ1n) is 5.59. The van der Waals surface area contributed by atoms with E-state index in [2.05, 4.69) is 10.3 Å². The Kier molecular flexibility index (Phi) is 4.90. The number of anilines is 1. The number of carboxylic acids is 1. The van der Waals surface area contributed by atoms with Crippen LogP contribution in [0.4, 0.5) is 5.69 Å². The highest BCUT2D eigenvalue weighted by molar-refractivity contribution is 5.93. The van der Waals surface area contributed by atoms with Gasteiger partial charge in [0.15, 0.2) is 0 Å². The van der Waals surface area contributed by atoms with Crippen LogP contribution in [0.25, 0.3) is 0 Å². The lowest BCUT2D eigenvalue weighted by Gasteiger charge is -2.20. The summed E-state index contributed by atoms with van der Waals surface area (Å²) >= 11 is 0. The maximum absolute atomic E-state index is 11.0. The number of aliphatic hydroxyl groups excluding tert-OH is 1. The molecule has 0 saturated heterocycles. The predicted octanol–water partition coefficient (Wildman–Crippen LogP) is 1.60. The Hall–Kier alpha value is -1.62. The molecular weight excluding hydrogens is 220 g/mol. The van der Waals surface area contributed by atoms with E-state index >= 15 is 0 Å². The van der Waals surface area contributed by atoms with E-state index in [1.807, 2.05) is 13.8 Å². The minimum absolute atomic E-state index is 0.0356. The highest BCUT2D eigenvalue weighted by Gasteiger charge is 2.14. The first kappa shape index (κ1) is 13.4. The predicted molar refractivity (Wildman–Crippen MR) is 65.1 cm³/mol. The second-order valence-corrected chi connectivity index (χ2v) is 4.38. The van der Waals surface area contributed by atoms with Crippen LogP contribution >= 0.6 is 0 Å². The fraction of sp³-hybridized carbons (Fsp3) is 0.500. The molecule has 5 nitrogen and oxygen atoms in total. The minimum Gasteiger partial charge on any atom is -0.478 e. The smallest absolute Gasteiger partial charge is 0.337 e. The number of hydrogen-bond acceptors (Lipinski definition) is 4. The summed E-state index contributed by atoms with van der Waals surface area (Å²) in [5.74, 6) is -0.583. The van der Waals surface area contributed by atoms with Crippen LogP contribution in [0.2, 0.25) is 0 Å². The average molecular weight is 238 g/mol. The van der Waals surface area contributed by atoms with Gasteiger partial charge in [-0.25, -0.2) is 4.79 Å². The Morgan fingerprint density at radius 3 is 2.76 bits per heavy atom. The van der Waals surface area contributed by atoms with Crippen LogP contribution in [-0.2, 0) is 0 Å². The maximum atomic E-state index is 11.0. The summed E-state index contributed by atoms with van der Waals surface area (Å²) in [6, 6.07) is 1.28. The van der Waals surface area contributed by atoms with E-state index in [9.17, 15) is 9.90 Å². The molecule has 0 bridgehead atoms. The summed E-state index contributed by atoms with van der Waals surface area (Å²) < 4.78 is 0. The van der Waals surface area contributed by atoms with Crippen molar-refractivity contribution in [3.8, 4) is 0 Å². The largest absolute Gasteiger partial charge is 0.478 e. The standard InChI is InChI=1S/C12H18N2O3/c1-8(2)5-9(7-15)14-11-6-13-4-3-10(11)12(16)17/h3-4,6,8-9,14-15H,5,7H2,1-2H3,(H,16,17). The van der Waals surface area contributed by atoms with Crippen molar-refractivity contribution in [2.75, 3.05) is 11.9 Å². The Morgan fingerprint density at radius 1 is 1.53 bits per heavy atom. The SMILES string of the molecule is CC(C)CC(CO)Nc1cnccc1C(=O)O. The van der Waals surface area contributed by atoms with Gasteiger partial charge in [-0.15, -0.1) is 0 Å². The number of aromatic carboxylic acids is 1. The molecule has 1 heterocycles. The van der Waals surface area contributed by atoms with Crippen molar-refractivity contribution in [3.05, 3.63) is 24.0 Å². The second-order valence-electron chi connectivity index (χ2n) is 4.38. The molecule has 0 fully saturated rings. The molecule has 17 heavy (non-hydrogen) atoms. The number of carbonyl (C=O) groups is 1. The number of carboxylic acid groups (broad SMARTS) is 1. The molecule has 3 N–H and O–H groups in total. The van der Waals surface area contributed by atoms with E-state index in [4.69, 9.17) is 5.11 Å². The van der Waals surface area contributed by atoms with E-state index in [1.165, 1.54) is 18.5 Å². The fourth-order valence-corrected chi connectivity index (χ4v) is 1.66. The maximum Gasteiger partial charge on any atom is 0.337 e. The average Bonchev–Trinajstić information content (AvgIpc) is 2.28. The summed E-state index contributed by atoms with van der Waals surface area (Å²) in [6.07, 6.45) is 3.67. The summed E-state index contributed by atoms with van der Waals surface area (Å²) in [4.78, 5) is 14.9. The molecule has 1 aromatic heterocycles. The lowest BCUT2D eigenvalue weighted by atomic mass is 10.0. The third-order valence-corrected chi connectivity index (χ3v) is 2.39. The highest BCUT2D eigenvalue weighted by atomic mass is 16.4. The topological polar surface area (TPSA) is 82.5 Å². The van der Waals surface area contributed by atoms with E-state index < -0.39 is 5.97 Å². The van der Waals surface area contributed by atoms with Crippen molar-refractivity contribution in [2.45, 2.75) is 26.3 Å². The molecule has 1 aromatic rings. The van der Waals surface area contributed by atoms with Crippen LogP contribution in [0.5, 0.6) is 0 Å². The van der Waals surface area contributed by atoms with Gasteiger partial charge >= 0.3 is 5.97 Å². The van der Waals surface area contributed by atoms with Gasteiger partial charge in [0.05, 0.1) is 24.1 Å². The molecule has 1 atom stereocenters. The number of pyridine rings is 1. The van der Waals surface area contributed by atoms with Gasteiger partial charge in [-0.1, -0.05) is 13.8 Å². The molecular formula is C12H18N2O3. The molecule has 0 aliphatic rings. The fourth-order valence-electron chi connectivity index (χ4n) is 1.66. The zero-order valence-corrected chi connectivity index (χ0v) is 10.1. The third kappa shape index (κ3) is 4.03. The van der Waals surface area contributed by atoms with Gasteiger partial charge in [-0.2, -0.15) is 0 Å². The van der Waals surface area contributed by atoms with Gasteiger partial charge in [-0.3, -0.25) is 4.98 Å². The van der Waals surface area contributed by atoms with E-state index in [0.29, 0.717) is 11.6 Å². The van der Waals surface area contributed by atoms with Crippen molar-refractivity contribution < 1.29 is 15.0 Å². The summed E-state index contributed by atoms with van der Waals surface area (Å²) in [5, 5.41) is 21.3. The summed E-state index contributed by atoms with van der Waals surface area (Å²) in [5.41, 5.74) is 0.613. The number of aliphatic hydroxyl groups is 1. The van der Waals surface area contributed by atoms with Gasteiger partial charge in [0, 0.05) is 12.2 Å². The molecule has 0 aromatic carbocycles. The number of hydrogen-bond donors (Lipinski definition) is 3. The monoisotopic (exact) mass is 238 g/mol. The van der Waals surface area contributed by atoms with Crippen molar-refractivity contribution in [2.24, 2.45) is 5.92 Å². The van der Waals surface area contributed by atoms with Gasteiger partial charge in [-0.05, 0) is 18.4 Å². The Bertz CT molecular complexity index is 380. The van der Waals surface area contributed by atoms with Crippen LogP contribution in [-0.4, -0.2) is 33.8 Å². The quantitative estimate of drug-likeness (QED) is 0.701. The first-order chi connectivity index (χ1) is 8.04. The zero-order chi connectivity index (χ0) is 12.8. The van der Waals surface area contributed by atoms with Crippen LogP contribution in [0.3, 0.4) is 0 Å². The van der Waals surface area contributed by atoms with Crippen molar-refractivity contribution in [3.63, 3.8) is 0 Å². The van der Waals surface area contributed by atoms with Crippen molar-refractivity contribution in [1.29, 1.82) is 0 Å². The number of nitrogens with one attached hydrogen (secondary N) is 1. The Morgan fingerprint density at radius 2 is 2.24 bits per heavy atom. The van der Waals surface area contributed by atoms with E-state index in [1.54, 1.807) is 0 Å². The Balaban J connectivity index is 2.82. The van der Waals surface area contributed by atoms with Crippen molar-refractivity contribution >= 4 is 11.7 Å². The van der Waals surface area contributed by atoms with Gasteiger partial charge in [0.25, 0.3) is 0 Å². The minimum atomic E-state index is -1.00. The lowest BCUT2D eigenvalue weighted by Crippen LogP contribution is -2.26.